The van der Waals surface area contributed by atoms with Gasteiger partial charge in [-0.05, 0) is 103 Å². The van der Waals surface area contributed by atoms with E-state index >= 15 is 0 Å². The molecule has 1 aliphatic heterocycles. The smallest absolute Gasteiger partial charge is 0.0991 e. The molecule has 3 aliphatic carbocycles. The Morgan fingerprint density at radius 1 is 0.537 bits per heavy atom. The van der Waals surface area contributed by atoms with Gasteiger partial charge in [-0.3, -0.25) is 4.99 Å². The first kappa shape index (κ1) is 31.8. The monoisotopic (exact) mass is 712 g/mol. The highest BCUT2D eigenvalue weighted by molar-refractivity contribution is 8.15. The van der Waals surface area contributed by atoms with E-state index in [1.807, 2.05) is 11.8 Å². The lowest BCUT2D eigenvalue weighted by Crippen LogP contribution is -2.18. The summed E-state index contributed by atoms with van der Waals surface area (Å²) in [7, 11) is 0. The third-order valence-corrected chi connectivity index (χ3v) is 13.8. The molecule has 2 unspecified atom stereocenters. The molecule has 0 radical (unpaired) electrons. The first-order valence-electron chi connectivity index (χ1n) is 19.1. The number of fused-ring (bicyclic) bond motifs is 11. The van der Waals surface area contributed by atoms with Crippen LogP contribution in [0, 0.1) is 0 Å². The average molecular weight is 713 g/mol. The van der Waals surface area contributed by atoms with Crippen LogP contribution in [0.25, 0.3) is 39.1 Å². The lowest BCUT2D eigenvalue weighted by molar-refractivity contribution is 0.660. The normalized spacial score (nSPS) is 19.0. The molecule has 11 rings (SSSR count). The molecular formula is C51H40N2S. The van der Waals surface area contributed by atoms with Crippen molar-refractivity contribution < 1.29 is 0 Å². The van der Waals surface area contributed by atoms with Gasteiger partial charge in [0, 0.05) is 33.5 Å². The summed E-state index contributed by atoms with van der Waals surface area (Å²) in [5.74, 6) is 0. The number of thioether (sulfide) groups is 1. The minimum Gasteiger partial charge on any atom is -0.310 e. The van der Waals surface area contributed by atoms with Gasteiger partial charge in [-0.15, -0.1) is 0 Å². The van der Waals surface area contributed by atoms with Crippen LogP contribution in [0.2, 0.25) is 0 Å². The summed E-state index contributed by atoms with van der Waals surface area (Å²) >= 11 is 1.89. The Morgan fingerprint density at radius 2 is 1.09 bits per heavy atom. The number of hydrogen-bond donors (Lipinski definition) is 0. The Morgan fingerprint density at radius 3 is 1.74 bits per heavy atom. The van der Waals surface area contributed by atoms with Crippen molar-refractivity contribution in [2.75, 3.05) is 4.90 Å². The SMILES string of the molecule is CC1(C)c2ccccc2-c2ccc(N(c3ccc4c(c3)C(C)(C)c3ccccc3-4)c3ccc4c5c(ccc4c3)C=CC3SC(c4ccccc4)=NC53)cc21. The predicted molar refractivity (Wildman–Crippen MR) is 230 cm³/mol. The molecule has 2 nitrogen and oxygen atoms in total. The molecule has 0 spiro atoms. The number of rotatable bonds is 4. The molecule has 4 aliphatic rings. The van der Waals surface area contributed by atoms with Crippen LogP contribution >= 0.6 is 11.8 Å². The Balaban J connectivity index is 1.08. The van der Waals surface area contributed by atoms with Gasteiger partial charge in [0.1, 0.15) is 0 Å². The van der Waals surface area contributed by atoms with Crippen molar-refractivity contribution in [1.82, 2.24) is 0 Å². The molecule has 3 heteroatoms. The molecule has 0 N–H and O–H groups in total. The number of aliphatic imine (C=N–C) groups is 1. The predicted octanol–water partition coefficient (Wildman–Crippen LogP) is 13.6. The first-order chi connectivity index (χ1) is 26.3. The summed E-state index contributed by atoms with van der Waals surface area (Å²) in [6, 6.07) is 54.5. The number of nitrogens with zero attached hydrogens (tertiary/aromatic N) is 2. The maximum atomic E-state index is 5.37. The molecule has 260 valence electrons. The summed E-state index contributed by atoms with van der Waals surface area (Å²) in [6.07, 6.45) is 4.65. The Labute approximate surface area is 321 Å². The van der Waals surface area contributed by atoms with Crippen molar-refractivity contribution in [1.29, 1.82) is 0 Å². The van der Waals surface area contributed by atoms with Gasteiger partial charge in [0.25, 0.3) is 0 Å². The van der Waals surface area contributed by atoms with Gasteiger partial charge < -0.3 is 4.90 Å². The van der Waals surface area contributed by atoms with E-state index in [0.717, 1.165) is 10.7 Å². The van der Waals surface area contributed by atoms with E-state index in [9.17, 15) is 0 Å². The Bertz CT molecular complexity index is 2660. The molecule has 2 atom stereocenters. The van der Waals surface area contributed by atoms with Crippen LogP contribution in [-0.2, 0) is 10.8 Å². The van der Waals surface area contributed by atoms with Gasteiger partial charge >= 0.3 is 0 Å². The lowest BCUT2D eigenvalue weighted by atomic mass is 9.82. The van der Waals surface area contributed by atoms with Crippen molar-refractivity contribution in [3.63, 3.8) is 0 Å². The Kier molecular flexibility index (Phi) is 6.74. The van der Waals surface area contributed by atoms with Crippen molar-refractivity contribution in [3.8, 4) is 22.3 Å². The second-order valence-corrected chi connectivity index (χ2v) is 17.5. The molecule has 54 heavy (non-hydrogen) atoms. The van der Waals surface area contributed by atoms with Crippen LogP contribution in [0.4, 0.5) is 17.1 Å². The fourth-order valence-corrected chi connectivity index (χ4v) is 11.0. The largest absolute Gasteiger partial charge is 0.310 e. The second-order valence-electron chi connectivity index (χ2n) is 16.3. The number of hydrogen-bond acceptors (Lipinski definition) is 3. The van der Waals surface area contributed by atoms with Crippen LogP contribution in [0.5, 0.6) is 0 Å². The highest BCUT2D eigenvalue weighted by Crippen LogP contribution is 2.54. The minimum absolute atomic E-state index is 0.0945. The summed E-state index contributed by atoms with van der Waals surface area (Å²) in [6.45, 7) is 9.48. The van der Waals surface area contributed by atoms with Crippen LogP contribution in [-0.4, -0.2) is 10.3 Å². The van der Waals surface area contributed by atoms with Gasteiger partial charge in [0.2, 0.25) is 0 Å². The van der Waals surface area contributed by atoms with Crippen LogP contribution < -0.4 is 4.90 Å². The number of anilines is 3. The molecular weight excluding hydrogens is 673 g/mol. The van der Waals surface area contributed by atoms with E-state index in [1.165, 1.54) is 83.3 Å². The molecule has 0 bridgehead atoms. The molecule has 0 fully saturated rings. The zero-order chi connectivity index (χ0) is 36.3. The summed E-state index contributed by atoms with van der Waals surface area (Å²) in [4.78, 5) is 7.85. The van der Waals surface area contributed by atoms with Crippen LogP contribution in [0.3, 0.4) is 0 Å². The van der Waals surface area contributed by atoms with E-state index in [4.69, 9.17) is 4.99 Å². The maximum Gasteiger partial charge on any atom is 0.0991 e. The molecule has 7 aromatic rings. The molecule has 0 saturated heterocycles. The van der Waals surface area contributed by atoms with Crippen molar-refractivity contribution >= 4 is 50.7 Å². The van der Waals surface area contributed by atoms with Crippen LogP contribution in [0.1, 0.15) is 72.7 Å². The zero-order valence-corrected chi connectivity index (χ0v) is 31.8. The van der Waals surface area contributed by atoms with Gasteiger partial charge in [0.05, 0.1) is 16.3 Å². The molecule has 1 heterocycles. The van der Waals surface area contributed by atoms with Gasteiger partial charge in [-0.2, -0.15) is 0 Å². The fraction of sp³-hybridized carbons (Fsp3) is 0.157. The fourth-order valence-electron chi connectivity index (χ4n) is 9.80. The quantitative estimate of drug-likeness (QED) is 0.181. The first-order valence-corrected chi connectivity index (χ1v) is 20.0. The standard InChI is InChI=1S/C51H40N2S/c1-50(2)42-16-10-8-14-38(42)40-25-22-35(29-44(40)50)53(36-23-26-41-39-15-9-11-17-43(39)51(3,4)45(41)30-36)34-21-24-37-33(28-34)19-18-31-20-27-46-48(47(31)37)52-49(54-46)32-12-6-5-7-13-32/h5-30,46,48H,1-4H3. The van der Waals surface area contributed by atoms with Crippen molar-refractivity contribution in [2.24, 2.45) is 4.99 Å². The minimum atomic E-state index is -0.0971. The summed E-state index contributed by atoms with van der Waals surface area (Å²) < 4.78 is 0. The summed E-state index contributed by atoms with van der Waals surface area (Å²) in [5.41, 5.74) is 18.0. The van der Waals surface area contributed by atoms with Crippen LogP contribution in [0.15, 0.2) is 157 Å². The van der Waals surface area contributed by atoms with Crippen molar-refractivity contribution in [3.05, 3.63) is 191 Å². The second kappa shape index (κ2) is 11.4. The number of benzene rings is 7. The third-order valence-electron chi connectivity index (χ3n) is 12.6. The van der Waals surface area contributed by atoms with E-state index in [1.54, 1.807) is 0 Å². The highest BCUT2D eigenvalue weighted by Gasteiger charge is 2.38. The lowest BCUT2D eigenvalue weighted by Gasteiger charge is -2.30. The van der Waals surface area contributed by atoms with E-state index in [-0.39, 0.29) is 16.9 Å². The van der Waals surface area contributed by atoms with Gasteiger partial charge in [-0.1, -0.05) is 161 Å². The van der Waals surface area contributed by atoms with Gasteiger partial charge in [0.15, 0.2) is 0 Å². The zero-order valence-electron chi connectivity index (χ0n) is 31.0. The average Bonchev–Trinajstić information content (AvgIpc) is 3.82. The van der Waals surface area contributed by atoms with E-state index in [2.05, 4.69) is 190 Å². The van der Waals surface area contributed by atoms with Gasteiger partial charge in [-0.25, -0.2) is 0 Å². The molecule has 7 aromatic carbocycles. The Hall–Kier alpha value is -5.64. The molecule has 0 aromatic heterocycles. The molecule has 0 amide bonds. The summed E-state index contributed by atoms with van der Waals surface area (Å²) in [5, 5.41) is 3.95. The highest BCUT2D eigenvalue weighted by atomic mass is 32.2. The van der Waals surface area contributed by atoms with E-state index in [0.29, 0.717) is 5.25 Å². The third kappa shape index (κ3) is 4.51. The van der Waals surface area contributed by atoms with Crippen molar-refractivity contribution in [2.45, 2.75) is 49.8 Å². The topological polar surface area (TPSA) is 15.6 Å². The molecule has 0 saturated carbocycles. The van der Waals surface area contributed by atoms with E-state index < -0.39 is 0 Å². The maximum absolute atomic E-state index is 5.37.